The third-order valence-corrected chi connectivity index (χ3v) is 3.44. The van der Waals surface area contributed by atoms with E-state index in [1.807, 2.05) is 6.92 Å². The molecule has 0 rings (SSSR count). The van der Waals surface area contributed by atoms with Crippen LogP contribution in [0.5, 0.6) is 0 Å². The summed E-state index contributed by atoms with van der Waals surface area (Å²) in [6.45, 7) is 1.96. The molecule has 0 radical (unpaired) electrons. The van der Waals surface area contributed by atoms with Gasteiger partial charge < -0.3 is 20.4 Å². The summed E-state index contributed by atoms with van der Waals surface area (Å²) >= 11 is 0. The van der Waals surface area contributed by atoms with Crippen molar-refractivity contribution in [2.24, 2.45) is 0 Å². The molecule has 0 heterocycles. The molecule has 0 aromatic carbocycles. The molecular weight excluding hydrogens is 315 g/mol. The van der Waals surface area contributed by atoms with E-state index in [0.29, 0.717) is 12.8 Å². The molecule has 0 saturated heterocycles. The molecule has 0 amide bonds. The number of unbranched alkanes of at least 4 members (excludes halogenated alkanes) is 1. The predicted molar refractivity (Wildman–Crippen MR) is 91.3 cm³/mol. The van der Waals surface area contributed by atoms with E-state index in [4.69, 9.17) is 5.11 Å². The van der Waals surface area contributed by atoms with E-state index >= 15 is 0 Å². The Hall–Kier alpha value is -1.50. The van der Waals surface area contributed by atoms with Gasteiger partial charge in [-0.1, -0.05) is 56.2 Å². The second kappa shape index (κ2) is 13.9. The standard InChI is InChI=1S/C18H29FO5/c1-2-3-9-14(19)15(20)10-6-4-5-7-11-16(21)17(22)12-8-13-18(23)24/h4-7,10-11,14-17,20-22H,2-3,8-9,12-13H2,1H3,(H,23,24)/b5-4+,10-6-,11-7+/t14-,15-,16+,17-/m0/s1. The molecule has 0 aliphatic rings. The van der Waals surface area contributed by atoms with Crippen LogP contribution in [-0.4, -0.2) is 50.9 Å². The maximum absolute atomic E-state index is 13.5. The normalized spacial score (nSPS) is 17.5. The molecule has 0 aromatic heterocycles. The molecule has 0 aliphatic heterocycles. The third kappa shape index (κ3) is 12.0. The van der Waals surface area contributed by atoms with E-state index in [9.17, 15) is 24.5 Å². The van der Waals surface area contributed by atoms with Gasteiger partial charge in [-0.2, -0.15) is 0 Å². The first-order valence-corrected chi connectivity index (χ1v) is 8.30. The second-order valence-electron chi connectivity index (χ2n) is 5.65. The summed E-state index contributed by atoms with van der Waals surface area (Å²) in [4.78, 5) is 10.3. The fourth-order valence-electron chi connectivity index (χ4n) is 1.94. The Morgan fingerprint density at radius 3 is 2.08 bits per heavy atom. The number of alkyl halides is 1. The summed E-state index contributed by atoms with van der Waals surface area (Å²) < 4.78 is 13.5. The molecule has 0 saturated carbocycles. The van der Waals surface area contributed by atoms with Gasteiger partial charge in [0.2, 0.25) is 0 Å². The molecule has 0 unspecified atom stereocenters. The number of allylic oxidation sites excluding steroid dienone is 4. The Bertz CT molecular complexity index is 420. The highest BCUT2D eigenvalue weighted by molar-refractivity contribution is 5.66. The average molecular weight is 344 g/mol. The summed E-state index contributed by atoms with van der Waals surface area (Å²) in [5, 5.41) is 37.3. The molecular formula is C18H29FO5. The number of carboxylic acid groups (broad SMARTS) is 1. The molecule has 4 N–H and O–H groups in total. The maximum atomic E-state index is 13.5. The van der Waals surface area contributed by atoms with Crippen LogP contribution in [0.2, 0.25) is 0 Å². The van der Waals surface area contributed by atoms with Gasteiger partial charge in [-0.15, -0.1) is 0 Å². The van der Waals surface area contributed by atoms with Crippen molar-refractivity contribution >= 4 is 5.97 Å². The van der Waals surface area contributed by atoms with Crippen LogP contribution in [0.25, 0.3) is 0 Å². The molecule has 0 fully saturated rings. The quantitative estimate of drug-likeness (QED) is 0.385. The first-order valence-electron chi connectivity index (χ1n) is 8.30. The fraction of sp³-hybridized carbons (Fsp3) is 0.611. The fourth-order valence-corrected chi connectivity index (χ4v) is 1.94. The summed E-state index contributed by atoms with van der Waals surface area (Å²) in [6, 6.07) is 0. The lowest BCUT2D eigenvalue weighted by atomic mass is 10.1. The van der Waals surface area contributed by atoms with Crippen molar-refractivity contribution in [2.75, 3.05) is 0 Å². The Balaban J connectivity index is 4.08. The monoisotopic (exact) mass is 344 g/mol. The van der Waals surface area contributed by atoms with Gasteiger partial charge in [0, 0.05) is 6.42 Å². The number of rotatable bonds is 13. The van der Waals surface area contributed by atoms with Crippen molar-refractivity contribution in [3.63, 3.8) is 0 Å². The van der Waals surface area contributed by atoms with Crippen LogP contribution in [0.1, 0.15) is 45.4 Å². The summed E-state index contributed by atoms with van der Waals surface area (Å²) in [5.41, 5.74) is 0. The van der Waals surface area contributed by atoms with Crippen LogP contribution >= 0.6 is 0 Å². The zero-order valence-corrected chi connectivity index (χ0v) is 14.1. The lowest BCUT2D eigenvalue weighted by molar-refractivity contribution is -0.137. The smallest absolute Gasteiger partial charge is 0.303 e. The predicted octanol–water partition coefficient (Wildman–Crippen LogP) is 2.52. The van der Waals surface area contributed by atoms with E-state index in [0.717, 1.165) is 12.8 Å². The van der Waals surface area contributed by atoms with Crippen molar-refractivity contribution in [1.82, 2.24) is 0 Å². The molecule has 0 aromatic rings. The van der Waals surface area contributed by atoms with Crippen LogP contribution < -0.4 is 0 Å². The summed E-state index contributed by atoms with van der Waals surface area (Å²) in [5.74, 6) is -0.936. The summed E-state index contributed by atoms with van der Waals surface area (Å²) in [6.07, 6.45) is 6.83. The SMILES string of the molecule is CCCC[C@H](F)[C@@H](O)\C=C/C=C/C=C/[C@@H](O)[C@@H](O)CCCC(=O)O. The number of halogens is 1. The Morgan fingerprint density at radius 2 is 1.54 bits per heavy atom. The molecule has 0 spiro atoms. The van der Waals surface area contributed by atoms with Crippen molar-refractivity contribution in [3.8, 4) is 0 Å². The van der Waals surface area contributed by atoms with Crippen LogP contribution in [-0.2, 0) is 4.79 Å². The number of aliphatic hydroxyl groups excluding tert-OH is 3. The highest BCUT2D eigenvalue weighted by Gasteiger charge is 2.14. The molecule has 6 heteroatoms. The van der Waals surface area contributed by atoms with Crippen molar-refractivity contribution in [2.45, 2.75) is 69.9 Å². The van der Waals surface area contributed by atoms with Crippen LogP contribution in [0, 0.1) is 0 Å². The van der Waals surface area contributed by atoms with Gasteiger partial charge in [-0.05, 0) is 19.3 Å². The molecule has 0 aliphatic carbocycles. The van der Waals surface area contributed by atoms with E-state index in [-0.39, 0.29) is 12.8 Å². The number of hydrogen-bond donors (Lipinski definition) is 4. The molecule has 4 atom stereocenters. The van der Waals surface area contributed by atoms with Crippen LogP contribution in [0.3, 0.4) is 0 Å². The minimum Gasteiger partial charge on any atom is -0.481 e. The zero-order chi connectivity index (χ0) is 18.4. The number of carboxylic acids is 1. The number of hydrogen-bond acceptors (Lipinski definition) is 4. The highest BCUT2D eigenvalue weighted by Crippen LogP contribution is 2.10. The van der Waals surface area contributed by atoms with E-state index < -0.39 is 30.5 Å². The van der Waals surface area contributed by atoms with Crippen molar-refractivity contribution in [1.29, 1.82) is 0 Å². The number of aliphatic hydroxyl groups is 3. The van der Waals surface area contributed by atoms with Crippen molar-refractivity contribution in [3.05, 3.63) is 36.5 Å². The zero-order valence-electron chi connectivity index (χ0n) is 14.1. The topological polar surface area (TPSA) is 98.0 Å². The average Bonchev–Trinajstić information content (AvgIpc) is 2.54. The van der Waals surface area contributed by atoms with Gasteiger partial charge in [0.1, 0.15) is 12.3 Å². The first kappa shape index (κ1) is 22.5. The van der Waals surface area contributed by atoms with Gasteiger partial charge in [-0.25, -0.2) is 4.39 Å². The van der Waals surface area contributed by atoms with Gasteiger partial charge >= 0.3 is 5.97 Å². The number of carbonyl (C=O) groups is 1. The van der Waals surface area contributed by atoms with Gasteiger partial charge in [0.05, 0.1) is 12.2 Å². The van der Waals surface area contributed by atoms with Crippen LogP contribution in [0.15, 0.2) is 36.5 Å². The highest BCUT2D eigenvalue weighted by atomic mass is 19.1. The van der Waals surface area contributed by atoms with E-state index in [1.165, 1.54) is 24.3 Å². The lowest BCUT2D eigenvalue weighted by Crippen LogP contribution is -2.23. The molecule has 0 bridgehead atoms. The molecule has 138 valence electrons. The largest absolute Gasteiger partial charge is 0.481 e. The Labute approximate surface area is 142 Å². The van der Waals surface area contributed by atoms with E-state index in [2.05, 4.69) is 0 Å². The van der Waals surface area contributed by atoms with Gasteiger partial charge in [-0.3, -0.25) is 4.79 Å². The third-order valence-electron chi connectivity index (χ3n) is 3.44. The van der Waals surface area contributed by atoms with Gasteiger partial charge in [0.15, 0.2) is 0 Å². The van der Waals surface area contributed by atoms with E-state index in [1.54, 1.807) is 12.2 Å². The summed E-state index contributed by atoms with van der Waals surface area (Å²) in [7, 11) is 0. The maximum Gasteiger partial charge on any atom is 0.303 e. The Kier molecular flexibility index (Phi) is 13.0. The second-order valence-corrected chi connectivity index (χ2v) is 5.65. The number of aliphatic carboxylic acids is 1. The van der Waals surface area contributed by atoms with Crippen molar-refractivity contribution < 1.29 is 29.6 Å². The molecule has 24 heavy (non-hydrogen) atoms. The Morgan fingerprint density at radius 1 is 0.958 bits per heavy atom. The minimum absolute atomic E-state index is 0.0473. The molecule has 5 nitrogen and oxygen atoms in total. The lowest BCUT2D eigenvalue weighted by Gasteiger charge is -2.13. The minimum atomic E-state index is -1.27. The van der Waals surface area contributed by atoms with Gasteiger partial charge in [0.25, 0.3) is 0 Å². The first-order chi connectivity index (χ1) is 11.4. The van der Waals surface area contributed by atoms with Crippen LogP contribution in [0.4, 0.5) is 4.39 Å².